The van der Waals surface area contributed by atoms with Crippen LogP contribution in [0.2, 0.25) is 0 Å². The fraction of sp³-hybridized carbons (Fsp3) is 0.188. The molecule has 5 heteroatoms. The first-order valence-corrected chi connectivity index (χ1v) is 6.79. The Morgan fingerprint density at radius 3 is 2.43 bits per heavy atom. The zero-order chi connectivity index (χ0) is 15.2. The van der Waals surface area contributed by atoms with Crippen LogP contribution in [0.1, 0.15) is 11.1 Å². The minimum atomic E-state index is -0.252. The van der Waals surface area contributed by atoms with E-state index >= 15 is 0 Å². The predicted molar refractivity (Wildman–Crippen MR) is 84.5 cm³/mol. The van der Waals surface area contributed by atoms with Crippen LogP contribution in [-0.4, -0.2) is 19.2 Å². The average Bonchev–Trinajstić information content (AvgIpc) is 2.53. The Balaban J connectivity index is 2.07. The standard InChI is InChI=1S/C16H16FNO2S/c1-19-13-7-8-14(15(9-13)20-2)16(21)18-10-11-3-5-12(17)6-4-11/h3-9H,10H2,1-2H3,(H,18,21). The molecule has 0 aliphatic rings. The van der Waals surface area contributed by atoms with Crippen molar-refractivity contribution in [1.29, 1.82) is 0 Å². The molecule has 3 nitrogen and oxygen atoms in total. The molecule has 0 aliphatic heterocycles. The van der Waals surface area contributed by atoms with Gasteiger partial charge in [-0.2, -0.15) is 0 Å². The Kier molecular flexibility index (Phi) is 5.11. The van der Waals surface area contributed by atoms with Gasteiger partial charge in [0.25, 0.3) is 0 Å². The van der Waals surface area contributed by atoms with Gasteiger partial charge in [0.05, 0.1) is 19.8 Å². The van der Waals surface area contributed by atoms with Crippen molar-refractivity contribution in [2.45, 2.75) is 6.54 Å². The van der Waals surface area contributed by atoms with Crippen LogP contribution in [0.5, 0.6) is 11.5 Å². The van der Waals surface area contributed by atoms with Crippen LogP contribution in [0.25, 0.3) is 0 Å². The molecule has 0 aliphatic carbocycles. The highest BCUT2D eigenvalue weighted by Gasteiger charge is 2.09. The van der Waals surface area contributed by atoms with E-state index in [1.54, 1.807) is 32.4 Å². The topological polar surface area (TPSA) is 30.5 Å². The lowest BCUT2D eigenvalue weighted by Gasteiger charge is -2.13. The molecule has 1 N–H and O–H groups in total. The quantitative estimate of drug-likeness (QED) is 0.859. The summed E-state index contributed by atoms with van der Waals surface area (Å²) in [5.74, 6) is 1.10. The zero-order valence-electron chi connectivity index (χ0n) is 11.9. The van der Waals surface area contributed by atoms with Gasteiger partial charge in [0.1, 0.15) is 22.3 Å². The first kappa shape index (κ1) is 15.3. The normalized spacial score (nSPS) is 10.0. The van der Waals surface area contributed by atoms with Crippen LogP contribution < -0.4 is 14.8 Å². The van der Waals surface area contributed by atoms with Crippen LogP contribution in [0.4, 0.5) is 4.39 Å². The number of thiocarbonyl (C=S) groups is 1. The lowest BCUT2D eigenvalue weighted by Crippen LogP contribution is -2.22. The van der Waals surface area contributed by atoms with Crippen LogP contribution in [0, 0.1) is 5.82 Å². The summed E-state index contributed by atoms with van der Waals surface area (Å²) in [7, 11) is 3.18. The third-order valence-corrected chi connectivity index (χ3v) is 3.38. The van der Waals surface area contributed by atoms with E-state index in [1.807, 2.05) is 12.1 Å². The second-order valence-electron chi connectivity index (χ2n) is 4.38. The molecule has 0 aromatic heterocycles. The maximum atomic E-state index is 12.8. The molecule has 0 saturated carbocycles. The van der Waals surface area contributed by atoms with Gasteiger partial charge in [-0.25, -0.2) is 4.39 Å². The lowest BCUT2D eigenvalue weighted by molar-refractivity contribution is 0.394. The van der Waals surface area contributed by atoms with Gasteiger partial charge in [0.15, 0.2) is 0 Å². The van der Waals surface area contributed by atoms with E-state index in [-0.39, 0.29) is 5.82 Å². The average molecular weight is 305 g/mol. The molecule has 0 bridgehead atoms. The highest BCUT2D eigenvalue weighted by molar-refractivity contribution is 7.80. The summed E-state index contributed by atoms with van der Waals surface area (Å²) in [6.45, 7) is 0.522. The molecular weight excluding hydrogens is 289 g/mol. The van der Waals surface area contributed by atoms with Gasteiger partial charge in [0, 0.05) is 12.6 Å². The number of methoxy groups -OCH3 is 2. The van der Waals surface area contributed by atoms with E-state index in [9.17, 15) is 4.39 Å². The molecule has 0 fully saturated rings. The van der Waals surface area contributed by atoms with E-state index < -0.39 is 0 Å². The summed E-state index contributed by atoms with van der Waals surface area (Å²) in [5.41, 5.74) is 1.74. The molecule has 2 aromatic carbocycles. The second-order valence-corrected chi connectivity index (χ2v) is 4.78. The monoisotopic (exact) mass is 305 g/mol. The van der Waals surface area contributed by atoms with Crippen molar-refractivity contribution < 1.29 is 13.9 Å². The molecule has 21 heavy (non-hydrogen) atoms. The Labute approximate surface area is 128 Å². The first-order chi connectivity index (χ1) is 10.1. The predicted octanol–water partition coefficient (Wildman–Crippen LogP) is 3.31. The fourth-order valence-corrected chi connectivity index (χ4v) is 2.11. The number of ether oxygens (including phenoxy) is 2. The third kappa shape index (κ3) is 3.92. The minimum absolute atomic E-state index is 0.252. The number of benzene rings is 2. The van der Waals surface area contributed by atoms with Crippen molar-refractivity contribution in [1.82, 2.24) is 5.32 Å². The summed E-state index contributed by atoms with van der Waals surface area (Å²) in [5, 5.41) is 3.14. The number of rotatable bonds is 5. The fourth-order valence-electron chi connectivity index (χ4n) is 1.87. The van der Waals surface area contributed by atoms with E-state index in [1.165, 1.54) is 12.1 Å². The molecule has 0 spiro atoms. The largest absolute Gasteiger partial charge is 0.497 e. The van der Waals surface area contributed by atoms with E-state index in [0.29, 0.717) is 23.0 Å². The molecule has 0 amide bonds. The third-order valence-electron chi connectivity index (χ3n) is 3.02. The SMILES string of the molecule is COc1ccc(C(=S)NCc2ccc(F)cc2)c(OC)c1. The summed E-state index contributed by atoms with van der Waals surface area (Å²) < 4.78 is 23.3. The molecule has 0 heterocycles. The highest BCUT2D eigenvalue weighted by Crippen LogP contribution is 2.24. The number of hydrogen-bond donors (Lipinski definition) is 1. The summed E-state index contributed by atoms with van der Waals surface area (Å²) in [6.07, 6.45) is 0. The Morgan fingerprint density at radius 2 is 1.81 bits per heavy atom. The van der Waals surface area contributed by atoms with Gasteiger partial charge in [-0.3, -0.25) is 0 Å². The molecular formula is C16H16FNO2S. The van der Waals surface area contributed by atoms with Gasteiger partial charge in [0.2, 0.25) is 0 Å². The molecule has 0 unspecified atom stereocenters. The number of nitrogens with one attached hydrogen (secondary N) is 1. The van der Waals surface area contributed by atoms with Gasteiger partial charge in [-0.1, -0.05) is 24.4 Å². The van der Waals surface area contributed by atoms with Crippen LogP contribution >= 0.6 is 12.2 Å². The van der Waals surface area contributed by atoms with E-state index in [0.717, 1.165) is 11.1 Å². The van der Waals surface area contributed by atoms with E-state index in [2.05, 4.69) is 5.32 Å². The Hall–Kier alpha value is -2.14. The van der Waals surface area contributed by atoms with Crippen molar-refractivity contribution in [2.24, 2.45) is 0 Å². The minimum Gasteiger partial charge on any atom is -0.497 e. The zero-order valence-corrected chi connectivity index (χ0v) is 12.7. The van der Waals surface area contributed by atoms with Gasteiger partial charge >= 0.3 is 0 Å². The van der Waals surface area contributed by atoms with Crippen molar-refractivity contribution in [2.75, 3.05) is 14.2 Å². The molecule has 0 saturated heterocycles. The van der Waals surface area contributed by atoms with Crippen molar-refractivity contribution in [3.05, 3.63) is 59.4 Å². The van der Waals surface area contributed by atoms with Crippen molar-refractivity contribution in [3.63, 3.8) is 0 Å². The molecule has 110 valence electrons. The van der Waals surface area contributed by atoms with Crippen LogP contribution in [0.3, 0.4) is 0 Å². The number of hydrogen-bond acceptors (Lipinski definition) is 3. The molecule has 2 rings (SSSR count). The smallest absolute Gasteiger partial charge is 0.132 e. The van der Waals surface area contributed by atoms with Crippen molar-refractivity contribution in [3.8, 4) is 11.5 Å². The first-order valence-electron chi connectivity index (χ1n) is 6.38. The maximum absolute atomic E-state index is 12.8. The summed E-state index contributed by atoms with van der Waals surface area (Å²) >= 11 is 5.37. The summed E-state index contributed by atoms with van der Waals surface area (Å²) in [6, 6.07) is 11.7. The highest BCUT2D eigenvalue weighted by atomic mass is 32.1. The van der Waals surface area contributed by atoms with Gasteiger partial charge in [-0.05, 0) is 29.8 Å². The molecule has 0 atom stereocenters. The summed E-state index contributed by atoms with van der Waals surface area (Å²) in [4.78, 5) is 0.568. The molecule has 2 aromatic rings. The molecule has 0 radical (unpaired) electrons. The van der Waals surface area contributed by atoms with Crippen molar-refractivity contribution >= 4 is 17.2 Å². The lowest BCUT2D eigenvalue weighted by atomic mass is 10.1. The van der Waals surface area contributed by atoms with Crippen LogP contribution in [0.15, 0.2) is 42.5 Å². The van der Waals surface area contributed by atoms with Crippen LogP contribution in [-0.2, 0) is 6.54 Å². The van der Waals surface area contributed by atoms with Gasteiger partial charge < -0.3 is 14.8 Å². The maximum Gasteiger partial charge on any atom is 0.132 e. The Morgan fingerprint density at radius 1 is 1.10 bits per heavy atom. The number of halogens is 1. The van der Waals surface area contributed by atoms with Gasteiger partial charge in [-0.15, -0.1) is 0 Å². The Bertz CT molecular complexity index is 629. The van der Waals surface area contributed by atoms with E-state index in [4.69, 9.17) is 21.7 Å². The second kappa shape index (κ2) is 7.04.